The van der Waals surface area contributed by atoms with E-state index in [1.807, 2.05) is 13.8 Å². The van der Waals surface area contributed by atoms with Crippen LogP contribution in [0.3, 0.4) is 0 Å². The summed E-state index contributed by atoms with van der Waals surface area (Å²) in [6.07, 6.45) is 5.18. The van der Waals surface area contributed by atoms with Crippen molar-refractivity contribution in [3.63, 3.8) is 0 Å². The molecule has 81 heavy (non-hydrogen) atoms. The number of rotatable bonds is 14. The Labute approximate surface area is 482 Å². The van der Waals surface area contributed by atoms with E-state index >= 15 is 0 Å². The smallest absolute Gasteiger partial charge is 0.411 e. The van der Waals surface area contributed by atoms with Gasteiger partial charge in [-0.2, -0.15) is 20.7 Å². The molecule has 6 aromatic heterocycles. The maximum absolute atomic E-state index is 12.5. The summed E-state index contributed by atoms with van der Waals surface area (Å²) in [4.78, 5) is 29.1. The number of ether oxygens (including phenoxy) is 5. The molecule has 0 unspecified atom stereocenters. The van der Waals surface area contributed by atoms with Crippen molar-refractivity contribution in [2.75, 3.05) is 100 Å². The van der Waals surface area contributed by atoms with Crippen molar-refractivity contribution in [2.45, 2.75) is 28.7 Å². The maximum atomic E-state index is 12.5. The Morgan fingerprint density at radius 3 is 1.42 bits per heavy atom. The summed E-state index contributed by atoms with van der Waals surface area (Å²) in [6.45, 7) is 11.6. The Balaban J connectivity index is 0.000000227. The second-order valence-corrected chi connectivity index (χ2v) is 18.4. The fourth-order valence-electron chi connectivity index (χ4n) is 7.95. The van der Waals surface area contributed by atoms with Crippen LogP contribution in [0.2, 0.25) is 15.5 Å². The summed E-state index contributed by atoms with van der Waals surface area (Å²) >= 11 is 16.5. The number of carbonyl (C=O) groups excluding carboxylic acids is 2. The lowest BCUT2D eigenvalue weighted by atomic mass is 10.1. The van der Waals surface area contributed by atoms with Gasteiger partial charge >= 0.3 is 12.2 Å². The summed E-state index contributed by atoms with van der Waals surface area (Å²) in [5.41, 5.74) is 7.06. The highest BCUT2D eigenvalue weighted by molar-refractivity contribution is 6.31. The Morgan fingerprint density at radius 1 is 0.617 bits per heavy atom. The van der Waals surface area contributed by atoms with Crippen molar-refractivity contribution in [3.8, 4) is 29.5 Å². The first-order chi connectivity index (χ1) is 38.3. The fraction of sp³-hybridized carbons (Fsp3) is 0.296. The molecule has 2 aliphatic rings. The average Bonchev–Trinajstić information content (AvgIpc) is 3.96. The number of phenols is 1. The number of hydrogen-bond acceptors (Lipinski definition) is 20. The number of halogens is 3. The third-order valence-corrected chi connectivity index (χ3v) is 12.6. The number of hydrogen-bond donors (Lipinski definition) is 5. The first kappa shape index (κ1) is 61.6. The largest absolute Gasteiger partial charge is 0.508 e. The first-order valence-electron chi connectivity index (χ1n) is 24.4. The minimum Gasteiger partial charge on any atom is -0.508 e. The zero-order chi connectivity index (χ0) is 55.7. The SMILES string of the molecule is C.C.Cc1c(NC(=O)OCCN2CCOCC2)cn2ncc(C#N)c(Nc3ccc(O)cc3)c12.Cc1c(NC(=O)OCCN2CCOCC2)cn2ncc(C#N)c(Nc3ccc(Oc4ccc(Cl)nn4)cc3)c12.Clc1ccc(Cl)nn1. The van der Waals surface area contributed by atoms with Gasteiger partial charge in [-0.25, -0.2) is 18.6 Å². The second-order valence-electron chi connectivity index (χ2n) is 17.2. The standard InChI is InChI=1S/C26H25ClN8O4.C22H24N6O4.C4H2Cl2N2.2CH4/c1-17-21(31-26(36)38-13-10-34-8-11-37-12-9-34)16-35-25(17)24(18(14-28)15-29-35)30-19-2-4-20(5-3-19)39-23-7-6-22(27)32-33-23;1-15-19(26-22(30)32-11-8-27-6-9-31-10-7-27)14-28-21(15)20(16(12-23)13-24-28)25-17-2-4-18(29)5-3-17;5-3-1-2-4(6)8-7-3;;/h2-7,15-16,30H,8-13H2,1H3,(H,31,36);2-5,13-14,25,29H,6-11H2,1H3,(H,26,30);1-2H;2*1H4. The Morgan fingerprint density at radius 2 is 1.02 bits per heavy atom. The van der Waals surface area contributed by atoms with E-state index in [1.54, 1.807) is 94.2 Å². The van der Waals surface area contributed by atoms with Gasteiger partial charge in [0.25, 0.3) is 0 Å². The third-order valence-electron chi connectivity index (χ3n) is 12.0. The molecule has 8 heterocycles. The van der Waals surface area contributed by atoms with Gasteiger partial charge in [-0.15, -0.1) is 20.4 Å². The number of fused-ring (bicyclic) bond motifs is 2. The minimum atomic E-state index is -0.557. The molecule has 0 atom stereocenters. The summed E-state index contributed by atoms with van der Waals surface area (Å²) in [5.74, 6) is 1.01. The molecule has 0 bridgehead atoms. The number of nitrogens with one attached hydrogen (secondary N) is 4. The van der Waals surface area contributed by atoms with E-state index in [0.29, 0.717) is 118 Å². The zero-order valence-electron chi connectivity index (χ0n) is 42.5. The number of morpholine rings is 2. The second kappa shape index (κ2) is 30.1. The van der Waals surface area contributed by atoms with Gasteiger partial charge in [0.05, 0.1) is 96.1 Å². The number of amides is 2. The molecule has 2 saturated heterocycles. The van der Waals surface area contributed by atoms with Crippen molar-refractivity contribution in [1.82, 2.24) is 49.4 Å². The number of aromatic nitrogens is 8. The predicted molar refractivity (Wildman–Crippen MR) is 307 cm³/mol. The van der Waals surface area contributed by atoms with Crippen molar-refractivity contribution in [1.29, 1.82) is 10.5 Å². The van der Waals surface area contributed by atoms with E-state index in [1.165, 1.54) is 12.4 Å². The molecule has 2 fully saturated rings. The number of aromatic hydroxyl groups is 1. The van der Waals surface area contributed by atoms with Crippen LogP contribution in [0.4, 0.5) is 43.7 Å². The molecule has 10 rings (SSSR count). The van der Waals surface area contributed by atoms with Crippen molar-refractivity contribution < 1.29 is 38.4 Å². The molecule has 424 valence electrons. The molecule has 24 nitrogen and oxygen atoms in total. The third kappa shape index (κ3) is 17.2. The monoisotopic (exact) mass is 1160 g/mol. The Hall–Kier alpha value is -8.59. The molecule has 0 aliphatic carbocycles. The van der Waals surface area contributed by atoms with Crippen molar-refractivity contribution in [2.24, 2.45) is 0 Å². The lowest BCUT2D eigenvalue weighted by Crippen LogP contribution is -2.38. The maximum Gasteiger partial charge on any atom is 0.411 e. The van der Waals surface area contributed by atoms with Crippen LogP contribution >= 0.6 is 34.8 Å². The van der Waals surface area contributed by atoms with Gasteiger partial charge in [0.1, 0.15) is 36.9 Å². The molecular weight excluding hydrogens is 1110 g/mol. The van der Waals surface area contributed by atoms with Crippen LogP contribution in [0.25, 0.3) is 11.0 Å². The molecule has 2 amide bonds. The van der Waals surface area contributed by atoms with Crippen LogP contribution in [0.1, 0.15) is 37.1 Å². The van der Waals surface area contributed by atoms with Crippen LogP contribution in [0, 0.1) is 36.5 Å². The van der Waals surface area contributed by atoms with E-state index < -0.39 is 12.2 Å². The number of phenolic OH excluding ortho intramolecular Hbond substituents is 1. The normalized spacial score (nSPS) is 13.0. The molecule has 8 aromatic rings. The number of nitriles is 2. The number of anilines is 6. The number of carbonyl (C=O) groups is 2. The highest BCUT2D eigenvalue weighted by Crippen LogP contribution is 2.35. The van der Waals surface area contributed by atoms with Crippen LogP contribution in [0.15, 0.2) is 97.6 Å². The van der Waals surface area contributed by atoms with E-state index in [9.17, 15) is 25.2 Å². The average molecular weight is 1170 g/mol. The number of benzene rings is 2. The van der Waals surface area contributed by atoms with Gasteiger partial charge in [-0.05, 0) is 80.6 Å². The highest BCUT2D eigenvalue weighted by atomic mass is 35.5. The van der Waals surface area contributed by atoms with Crippen LogP contribution in [0.5, 0.6) is 17.4 Å². The molecule has 2 aromatic carbocycles. The molecule has 5 N–H and O–H groups in total. The number of nitrogens with zero attached hydrogens (tertiary/aromatic N) is 12. The van der Waals surface area contributed by atoms with Gasteiger partial charge in [-0.1, -0.05) is 49.7 Å². The van der Waals surface area contributed by atoms with Gasteiger partial charge in [0, 0.05) is 67.8 Å². The van der Waals surface area contributed by atoms with E-state index in [-0.39, 0.29) is 39.0 Å². The summed E-state index contributed by atoms with van der Waals surface area (Å²) in [6, 6.07) is 24.3. The zero-order valence-corrected chi connectivity index (χ0v) is 44.8. The topological polar surface area (TPSA) is 289 Å². The fourth-order valence-corrected chi connectivity index (χ4v) is 8.25. The van der Waals surface area contributed by atoms with Gasteiger partial charge < -0.3 is 39.4 Å². The van der Waals surface area contributed by atoms with E-state index in [0.717, 1.165) is 37.3 Å². The number of aryl methyl sites for hydroxylation is 2. The van der Waals surface area contributed by atoms with Crippen molar-refractivity contribution in [3.05, 3.63) is 135 Å². The Bertz CT molecular complexity index is 3420. The van der Waals surface area contributed by atoms with Gasteiger partial charge in [-0.3, -0.25) is 20.4 Å². The highest BCUT2D eigenvalue weighted by Gasteiger charge is 2.21. The lowest BCUT2D eigenvalue weighted by molar-refractivity contribution is 0.0288. The lowest BCUT2D eigenvalue weighted by Gasteiger charge is -2.26. The van der Waals surface area contributed by atoms with E-state index in [4.69, 9.17) is 58.5 Å². The molecular formula is C54H59Cl3N16O8. The van der Waals surface area contributed by atoms with Crippen LogP contribution in [-0.4, -0.2) is 146 Å². The van der Waals surface area contributed by atoms with Crippen LogP contribution < -0.4 is 26.0 Å². The minimum absolute atomic E-state index is 0. The molecule has 2 aliphatic heterocycles. The first-order valence-corrected chi connectivity index (χ1v) is 25.5. The van der Waals surface area contributed by atoms with Crippen LogP contribution in [-0.2, 0) is 18.9 Å². The summed E-state index contributed by atoms with van der Waals surface area (Å²) in [5, 5.41) is 65.1. The Kier molecular flexibility index (Phi) is 22.9. The quantitative estimate of drug-likeness (QED) is 0.0633. The molecule has 27 heteroatoms. The van der Waals surface area contributed by atoms with Crippen molar-refractivity contribution >= 4 is 92.1 Å². The van der Waals surface area contributed by atoms with Gasteiger partial charge in [0.15, 0.2) is 15.5 Å². The summed E-state index contributed by atoms with van der Waals surface area (Å²) in [7, 11) is 0. The molecule has 0 spiro atoms. The molecule has 0 radical (unpaired) electrons. The molecule has 0 saturated carbocycles. The predicted octanol–water partition coefficient (Wildman–Crippen LogP) is 10.3. The summed E-state index contributed by atoms with van der Waals surface area (Å²) < 4.78 is 30.2. The van der Waals surface area contributed by atoms with Gasteiger partial charge in [0.2, 0.25) is 5.88 Å². The van der Waals surface area contributed by atoms with E-state index in [2.05, 4.69) is 73.8 Å².